The highest BCUT2D eigenvalue weighted by Crippen LogP contribution is 2.18. The minimum Gasteiger partial charge on any atom is -0.352 e. The number of hydrogen-bond donors (Lipinski definition) is 1. The minimum atomic E-state index is -0.0463. The van der Waals surface area contributed by atoms with Gasteiger partial charge in [-0.15, -0.1) is 0 Å². The van der Waals surface area contributed by atoms with Crippen molar-refractivity contribution in [3.8, 4) is 0 Å². The topological polar surface area (TPSA) is 67.2 Å². The van der Waals surface area contributed by atoms with Crippen LogP contribution in [0, 0.1) is 0 Å². The SMILES string of the molecule is CCCCN(C)C(=O)Cn1c(CCCCCNC(=O)c2ccc(Br)cc2)nc2ccccc21. The van der Waals surface area contributed by atoms with Crippen molar-refractivity contribution in [1.29, 1.82) is 0 Å². The third kappa shape index (κ3) is 7.16. The van der Waals surface area contributed by atoms with Gasteiger partial charge in [0.1, 0.15) is 12.4 Å². The molecule has 3 aromatic rings. The fraction of sp³-hybridized carbons (Fsp3) is 0.423. The molecule has 33 heavy (non-hydrogen) atoms. The Bertz CT molecular complexity index is 1060. The smallest absolute Gasteiger partial charge is 0.251 e. The molecule has 2 aromatic carbocycles. The molecule has 0 spiro atoms. The first-order chi connectivity index (χ1) is 16.0. The molecule has 176 valence electrons. The molecule has 1 heterocycles. The van der Waals surface area contributed by atoms with Gasteiger partial charge in [-0.2, -0.15) is 0 Å². The summed E-state index contributed by atoms with van der Waals surface area (Å²) in [5.74, 6) is 1.02. The molecule has 0 aliphatic carbocycles. The second-order valence-electron chi connectivity index (χ2n) is 8.35. The van der Waals surface area contributed by atoms with Crippen LogP contribution in [0.2, 0.25) is 0 Å². The van der Waals surface area contributed by atoms with Crippen LogP contribution in [0.1, 0.15) is 55.2 Å². The molecule has 1 aromatic heterocycles. The zero-order valence-electron chi connectivity index (χ0n) is 19.5. The number of imidazole rings is 1. The molecule has 6 nitrogen and oxygen atoms in total. The number of carbonyl (C=O) groups is 2. The van der Waals surface area contributed by atoms with Crippen LogP contribution in [0.15, 0.2) is 53.0 Å². The van der Waals surface area contributed by atoms with Crippen molar-refractivity contribution in [3.63, 3.8) is 0 Å². The normalized spacial score (nSPS) is 11.0. The number of para-hydroxylation sites is 2. The van der Waals surface area contributed by atoms with Gasteiger partial charge in [0.25, 0.3) is 5.91 Å². The van der Waals surface area contributed by atoms with Crippen LogP contribution >= 0.6 is 15.9 Å². The van der Waals surface area contributed by atoms with Crippen LogP contribution in [-0.4, -0.2) is 46.4 Å². The lowest BCUT2D eigenvalue weighted by Crippen LogP contribution is -2.31. The van der Waals surface area contributed by atoms with Gasteiger partial charge in [-0.3, -0.25) is 9.59 Å². The van der Waals surface area contributed by atoms with Gasteiger partial charge < -0.3 is 14.8 Å². The van der Waals surface area contributed by atoms with Crippen LogP contribution in [-0.2, 0) is 17.8 Å². The number of aryl methyl sites for hydroxylation is 1. The molecular formula is C26H33BrN4O2. The van der Waals surface area contributed by atoms with E-state index in [1.165, 1.54) is 0 Å². The maximum atomic E-state index is 12.8. The molecule has 2 amide bonds. The summed E-state index contributed by atoms with van der Waals surface area (Å²) in [6.45, 7) is 3.88. The van der Waals surface area contributed by atoms with Gasteiger partial charge in [0, 0.05) is 36.6 Å². The van der Waals surface area contributed by atoms with E-state index < -0.39 is 0 Å². The lowest BCUT2D eigenvalue weighted by Gasteiger charge is -2.18. The van der Waals surface area contributed by atoms with Crippen LogP contribution in [0.5, 0.6) is 0 Å². The van der Waals surface area contributed by atoms with Crippen molar-refractivity contribution in [2.24, 2.45) is 0 Å². The van der Waals surface area contributed by atoms with E-state index in [0.717, 1.165) is 66.4 Å². The number of carbonyl (C=O) groups excluding carboxylic acids is 2. The fourth-order valence-corrected chi connectivity index (χ4v) is 4.02. The van der Waals surface area contributed by atoms with Gasteiger partial charge in [-0.05, 0) is 55.7 Å². The van der Waals surface area contributed by atoms with E-state index >= 15 is 0 Å². The van der Waals surface area contributed by atoms with E-state index in [1.54, 1.807) is 0 Å². The Morgan fingerprint density at radius 1 is 1.03 bits per heavy atom. The van der Waals surface area contributed by atoms with Crippen LogP contribution in [0.3, 0.4) is 0 Å². The largest absolute Gasteiger partial charge is 0.352 e. The zero-order valence-corrected chi connectivity index (χ0v) is 21.1. The molecule has 0 saturated heterocycles. The Balaban J connectivity index is 1.51. The maximum absolute atomic E-state index is 12.8. The molecule has 0 fully saturated rings. The highest BCUT2D eigenvalue weighted by Gasteiger charge is 2.15. The highest BCUT2D eigenvalue weighted by molar-refractivity contribution is 9.10. The van der Waals surface area contributed by atoms with Gasteiger partial charge in [0.15, 0.2) is 0 Å². The summed E-state index contributed by atoms with van der Waals surface area (Å²) in [6.07, 6.45) is 5.73. The zero-order chi connectivity index (χ0) is 23.6. The Morgan fingerprint density at radius 3 is 2.55 bits per heavy atom. The predicted molar refractivity (Wildman–Crippen MR) is 136 cm³/mol. The van der Waals surface area contributed by atoms with E-state index in [9.17, 15) is 9.59 Å². The average Bonchev–Trinajstić information content (AvgIpc) is 3.17. The van der Waals surface area contributed by atoms with E-state index in [0.29, 0.717) is 18.7 Å². The number of amides is 2. The van der Waals surface area contributed by atoms with Crippen molar-refractivity contribution in [2.45, 2.75) is 52.0 Å². The van der Waals surface area contributed by atoms with E-state index in [1.807, 2.05) is 60.5 Å². The molecule has 0 saturated carbocycles. The Kier molecular flexibility index (Phi) is 9.48. The number of rotatable bonds is 12. The number of nitrogens with zero attached hydrogens (tertiary/aromatic N) is 3. The number of unbranched alkanes of at least 4 members (excludes halogenated alkanes) is 3. The third-order valence-corrected chi connectivity index (χ3v) is 6.30. The molecule has 0 unspecified atom stereocenters. The molecule has 3 rings (SSSR count). The summed E-state index contributed by atoms with van der Waals surface area (Å²) < 4.78 is 3.02. The molecule has 0 atom stereocenters. The first-order valence-corrected chi connectivity index (χ1v) is 12.5. The van der Waals surface area contributed by atoms with Crippen molar-refractivity contribution >= 4 is 38.8 Å². The first kappa shape index (κ1) is 25.0. The average molecular weight is 513 g/mol. The van der Waals surface area contributed by atoms with Gasteiger partial charge in [0.2, 0.25) is 5.91 Å². The summed E-state index contributed by atoms with van der Waals surface area (Å²) in [6, 6.07) is 15.4. The predicted octanol–water partition coefficient (Wildman–Crippen LogP) is 5.20. The Hall–Kier alpha value is -2.67. The quantitative estimate of drug-likeness (QED) is 0.339. The second kappa shape index (κ2) is 12.5. The molecule has 0 bridgehead atoms. The summed E-state index contributed by atoms with van der Waals surface area (Å²) in [5, 5.41) is 2.98. The number of likely N-dealkylation sites (N-methyl/N-ethyl adjacent to an activating group) is 1. The van der Waals surface area contributed by atoms with Crippen molar-refractivity contribution in [2.75, 3.05) is 20.1 Å². The maximum Gasteiger partial charge on any atom is 0.251 e. The van der Waals surface area contributed by atoms with Crippen molar-refractivity contribution in [3.05, 3.63) is 64.4 Å². The third-order valence-electron chi connectivity index (χ3n) is 5.77. The first-order valence-electron chi connectivity index (χ1n) is 11.7. The number of benzene rings is 2. The molecule has 1 N–H and O–H groups in total. The van der Waals surface area contributed by atoms with Crippen LogP contribution in [0.4, 0.5) is 0 Å². The summed E-state index contributed by atoms with van der Waals surface area (Å²) >= 11 is 3.38. The number of fused-ring (bicyclic) bond motifs is 1. The number of nitrogens with one attached hydrogen (secondary N) is 1. The monoisotopic (exact) mass is 512 g/mol. The number of halogens is 1. The van der Waals surface area contributed by atoms with Crippen LogP contribution in [0.25, 0.3) is 11.0 Å². The van der Waals surface area contributed by atoms with Crippen molar-refractivity contribution < 1.29 is 9.59 Å². The summed E-state index contributed by atoms with van der Waals surface area (Å²) in [7, 11) is 1.87. The summed E-state index contributed by atoms with van der Waals surface area (Å²) in [4.78, 5) is 31.6. The number of aromatic nitrogens is 2. The van der Waals surface area contributed by atoms with E-state index in [2.05, 4.69) is 32.7 Å². The summed E-state index contributed by atoms with van der Waals surface area (Å²) in [5.41, 5.74) is 2.60. The number of hydrogen-bond acceptors (Lipinski definition) is 3. The Morgan fingerprint density at radius 2 is 1.79 bits per heavy atom. The van der Waals surface area contributed by atoms with E-state index in [4.69, 9.17) is 4.98 Å². The van der Waals surface area contributed by atoms with Gasteiger partial charge in [-0.25, -0.2) is 4.98 Å². The highest BCUT2D eigenvalue weighted by atomic mass is 79.9. The van der Waals surface area contributed by atoms with Crippen LogP contribution < -0.4 is 5.32 Å². The van der Waals surface area contributed by atoms with Gasteiger partial charge in [-0.1, -0.05) is 47.8 Å². The standard InChI is InChI=1S/C26H33BrN4O2/c1-3-4-18-30(2)25(32)19-31-23-11-8-7-10-22(23)29-24(31)12-6-5-9-17-28-26(33)20-13-15-21(27)16-14-20/h7-8,10-11,13-16H,3-6,9,12,17-19H2,1-2H3,(H,28,33). The molecule has 0 aliphatic rings. The lowest BCUT2D eigenvalue weighted by molar-refractivity contribution is -0.130. The minimum absolute atomic E-state index is 0.0463. The Labute approximate surface area is 204 Å². The molecular weight excluding hydrogens is 480 g/mol. The molecule has 0 aliphatic heterocycles. The van der Waals surface area contributed by atoms with E-state index in [-0.39, 0.29) is 11.8 Å². The van der Waals surface area contributed by atoms with Gasteiger partial charge >= 0.3 is 0 Å². The molecule has 0 radical (unpaired) electrons. The molecule has 7 heteroatoms. The fourth-order valence-electron chi connectivity index (χ4n) is 3.76. The second-order valence-corrected chi connectivity index (χ2v) is 9.26. The van der Waals surface area contributed by atoms with Gasteiger partial charge in [0.05, 0.1) is 11.0 Å². The lowest BCUT2D eigenvalue weighted by atomic mass is 10.1. The van der Waals surface area contributed by atoms with Crippen molar-refractivity contribution in [1.82, 2.24) is 19.8 Å².